The first-order valence-electron chi connectivity index (χ1n) is 11.7. The van der Waals surface area contributed by atoms with Gasteiger partial charge in [-0.05, 0) is 56.2 Å². The maximum atomic E-state index is 12.5. The lowest BCUT2D eigenvalue weighted by atomic mass is 10.2. The van der Waals surface area contributed by atoms with Gasteiger partial charge in [0.15, 0.2) is 5.82 Å². The molecule has 6 rings (SSSR count). The minimum Gasteiger partial charge on any atom is -0.457 e. The Bertz CT molecular complexity index is 1770. The second-order valence-electron chi connectivity index (χ2n) is 9.09. The van der Waals surface area contributed by atoms with Crippen LogP contribution in [0.2, 0.25) is 0 Å². The van der Waals surface area contributed by atoms with Crippen molar-refractivity contribution in [3.63, 3.8) is 0 Å². The number of aromatic nitrogens is 6. The minimum absolute atomic E-state index is 0.0787. The number of sulfonamides is 1. The van der Waals surface area contributed by atoms with Gasteiger partial charge in [0, 0.05) is 24.8 Å². The Morgan fingerprint density at radius 2 is 1.92 bits per heavy atom. The first kappa shape index (κ1) is 23.1. The van der Waals surface area contributed by atoms with E-state index in [4.69, 9.17) is 4.74 Å². The Morgan fingerprint density at radius 1 is 1.05 bits per heavy atom. The SMILES string of the molecule is Cc1cc(Nc2ncnc3cnc(N4C(C)CCS4(=O)=O)nc23)ccc1Oc1ccc2c(c1)ncn2C. The summed E-state index contributed by atoms with van der Waals surface area (Å²) in [5.41, 5.74) is 4.52. The van der Waals surface area contributed by atoms with Gasteiger partial charge in [-0.3, -0.25) is 0 Å². The molecular formula is C25H24N8O3S. The van der Waals surface area contributed by atoms with E-state index in [0.29, 0.717) is 34.8 Å². The molecule has 37 heavy (non-hydrogen) atoms. The standard InChI is InChI=1S/C25H24N8O3S/c1-15-10-17(4-7-22(15)36-18-5-6-21-19(11-18)29-14-32(21)3)30-24-23-20(27-13-28-24)12-26-25(31-23)33-16(2)8-9-37(33,34)35/h4-7,10-14,16H,8-9H2,1-3H3,(H,27,28,30). The fourth-order valence-corrected chi connectivity index (χ4v) is 6.28. The average Bonchev–Trinajstić information content (AvgIpc) is 3.38. The summed E-state index contributed by atoms with van der Waals surface area (Å²) in [6.07, 6.45) is 5.24. The number of aryl methyl sites for hydroxylation is 2. The van der Waals surface area contributed by atoms with Crippen molar-refractivity contribution in [2.45, 2.75) is 26.3 Å². The lowest BCUT2D eigenvalue weighted by Crippen LogP contribution is -2.32. The molecule has 1 fully saturated rings. The van der Waals surface area contributed by atoms with Gasteiger partial charge in [-0.2, -0.15) is 0 Å². The Kier molecular flexibility index (Phi) is 5.41. The van der Waals surface area contributed by atoms with E-state index in [1.54, 1.807) is 6.33 Å². The van der Waals surface area contributed by atoms with E-state index in [2.05, 4.69) is 30.2 Å². The summed E-state index contributed by atoms with van der Waals surface area (Å²) in [6, 6.07) is 11.3. The van der Waals surface area contributed by atoms with Crippen LogP contribution in [0.5, 0.6) is 11.5 Å². The van der Waals surface area contributed by atoms with E-state index in [0.717, 1.165) is 22.3 Å². The highest BCUT2D eigenvalue weighted by atomic mass is 32.2. The Morgan fingerprint density at radius 3 is 2.70 bits per heavy atom. The largest absolute Gasteiger partial charge is 0.457 e. The molecule has 1 aliphatic heterocycles. The quantitative estimate of drug-likeness (QED) is 0.367. The number of anilines is 3. The zero-order chi connectivity index (χ0) is 25.7. The van der Waals surface area contributed by atoms with E-state index in [9.17, 15) is 8.42 Å². The van der Waals surface area contributed by atoms with Crippen molar-refractivity contribution in [3.05, 3.63) is 60.8 Å². The normalized spacial score (nSPS) is 16.9. The second kappa shape index (κ2) is 8.66. The molecule has 1 unspecified atom stereocenters. The third kappa shape index (κ3) is 4.18. The molecule has 2 aromatic carbocycles. The van der Waals surface area contributed by atoms with Crippen molar-refractivity contribution in [2.24, 2.45) is 7.05 Å². The van der Waals surface area contributed by atoms with Crippen LogP contribution in [0.15, 0.2) is 55.2 Å². The van der Waals surface area contributed by atoms with Crippen LogP contribution in [0.25, 0.3) is 22.1 Å². The van der Waals surface area contributed by atoms with Gasteiger partial charge in [0.05, 0.1) is 29.3 Å². The zero-order valence-corrected chi connectivity index (χ0v) is 21.3. The highest BCUT2D eigenvalue weighted by Crippen LogP contribution is 2.32. The molecule has 0 radical (unpaired) electrons. The molecule has 12 heteroatoms. The fraction of sp³-hybridized carbons (Fsp3) is 0.240. The van der Waals surface area contributed by atoms with Gasteiger partial charge in [0.1, 0.15) is 28.9 Å². The molecule has 0 spiro atoms. The molecule has 0 aliphatic carbocycles. The van der Waals surface area contributed by atoms with E-state index in [1.165, 1.54) is 16.8 Å². The first-order valence-corrected chi connectivity index (χ1v) is 13.4. The van der Waals surface area contributed by atoms with Crippen LogP contribution >= 0.6 is 0 Å². The van der Waals surface area contributed by atoms with Gasteiger partial charge >= 0.3 is 0 Å². The first-order chi connectivity index (χ1) is 17.8. The third-order valence-electron chi connectivity index (χ3n) is 6.42. The number of benzene rings is 2. The lowest BCUT2D eigenvalue weighted by Gasteiger charge is -2.20. The van der Waals surface area contributed by atoms with Crippen LogP contribution in [-0.4, -0.2) is 49.7 Å². The Labute approximate surface area is 213 Å². The number of fused-ring (bicyclic) bond motifs is 2. The summed E-state index contributed by atoms with van der Waals surface area (Å²) >= 11 is 0. The van der Waals surface area contributed by atoms with Crippen LogP contribution < -0.4 is 14.4 Å². The zero-order valence-electron chi connectivity index (χ0n) is 20.5. The summed E-state index contributed by atoms with van der Waals surface area (Å²) in [6.45, 7) is 3.80. The molecule has 1 N–H and O–H groups in total. The maximum Gasteiger partial charge on any atom is 0.240 e. The molecule has 11 nitrogen and oxygen atoms in total. The molecule has 0 bridgehead atoms. The van der Waals surface area contributed by atoms with Crippen molar-refractivity contribution in [2.75, 3.05) is 15.4 Å². The van der Waals surface area contributed by atoms with Gasteiger partial charge in [0.2, 0.25) is 16.0 Å². The van der Waals surface area contributed by atoms with Crippen molar-refractivity contribution < 1.29 is 13.2 Å². The molecule has 4 heterocycles. The van der Waals surface area contributed by atoms with Gasteiger partial charge in [-0.25, -0.2) is 37.6 Å². The summed E-state index contributed by atoms with van der Waals surface area (Å²) in [5.74, 6) is 2.07. The Hall–Kier alpha value is -4.32. The highest BCUT2D eigenvalue weighted by Gasteiger charge is 2.36. The fourth-order valence-electron chi connectivity index (χ4n) is 4.46. The molecular weight excluding hydrogens is 492 g/mol. The van der Waals surface area contributed by atoms with E-state index >= 15 is 0 Å². The summed E-state index contributed by atoms with van der Waals surface area (Å²) in [5, 5.41) is 3.28. The minimum atomic E-state index is -3.45. The van der Waals surface area contributed by atoms with Crippen molar-refractivity contribution >= 4 is 49.5 Å². The summed E-state index contributed by atoms with van der Waals surface area (Å²) in [4.78, 5) is 21.8. The number of rotatable bonds is 5. The predicted molar refractivity (Wildman–Crippen MR) is 141 cm³/mol. The number of nitrogens with one attached hydrogen (secondary N) is 1. The maximum absolute atomic E-state index is 12.5. The van der Waals surface area contributed by atoms with Crippen LogP contribution in [-0.2, 0) is 17.1 Å². The van der Waals surface area contributed by atoms with Crippen LogP contribution in [0, 0.1) is 6.92 Å². The van der Waals surface area contributed by atoms with E-state index < -0.39 is 10.0 Å². The molecule has 0 saturated carbocycles. The smallest absolute Gasteiger partial charge is 0.240 e. The summed E-state index contributed by atoms with van der Waals surface area (Å²) < 4.78 is 34.4. The lowest BCUT2D eigenvalue weighted by molar-refractivity contribution is 0.479. The molecule has 3 aromatic heterocycles. The molecule has 1 atom stereocenters. The highest BCUT2D eigenvalue weighted by molar-refractivity contribution is 7.93. The van der Waals surface area contributed by atoms with Gasteiger partial charge < -0.3 is 14.6 Å². The number of hydrogen-bond acceptors (Lipinski definition) is 9. The van der Waals surface area contributed by atoms with Crippen molar-refractivity contribution in [1.82, 2.24) is 29.5 Å². The Balaban J connectivity index is 1.28. The molecule has 1 aliphatic rings. The monoisotopic (exact) mass is 516 g/mol. The van der Waals surface area contributed by atoms with Gasteiger partial charge in [0.25, 0.3) is 0 Å². The van der Waals surface area contributed by atoms with Crippen molar-refractivity contribution in [3.8, 4) is 11.5 Å². The predicted octanol–water partition coefficient (Wildman–Crippen LogP) is 4.08. The van der Waals surface area contributed by atoms with Gasteiger partial charge in [-0.1, -0.05) is 0 Å². The summed E-state index contributed by atoms with van der Waals surface area (Å²) in [7, 11) is -1.50. The van der Waals surface area contributed by atoms with Crippen LogP contribution in [0.4, 0.5) is 17.5 Å². The number of nitrogens with zero attached hydrogens (tertiary/aromatic N) is 7. The van der Waals surface area contributed by atoms with E-state index in [-0.39, 0.29) is 17.7 Å². The molecule has 188 valence electrons. The molecule has 1 saturated heterocycles. The van der Waals surface area contributed by atoms with E-state index in [1.807, 2.05) is 61.9 Å². The number of imidazole rings is 1. The number of ether oxygens (including phenoxy) is 1. The molecule has 0 amide bonds. The van der Waals surface area contributed by atoms with Crippen LogP contribution in [0.1, 0.15) is 18.9 Å². The third-order valence-corrected chi connectivity index (χ3v) is 8.29. The van der Waals surface area contributed by atoms with Crippen LogP contribution in [0.3, 0.4) is 0 Å². The number of hydrogen-bond donors (Lipinski definition) is 1. The van der Waals surface area contributed by atoms with Gasteiger partial charge in [-0.15, -0.1) is 0 Å². The topological polar surface area (TPSA) is 128 Å². The average molecular weight is 517 g/mol. The molecule has 5 aromatic rings. The second-order valence-corrected chi connectivity index (χ2v) is 11.1. The van der Waals surface area contributed by atoms with Crippen molar-refractivity contribution in [1.29, 1.82) is 0 Å².